The molecule has 1 atom stereocenters. The van der Waals surface area contributed by atoms with Crippen LogP contribution in [0, 0.1) is 0 Å². The number of hydrogen-bond donors (Lipinski definition) is 0. The van der Waals surface area contributed by atoms with Crippen molar-refractivity contribution >= 4 is 40.9 Å². The molecule has 0 aromatic heterocycles. The van der Waals surface area contributed by atoms with Crippen LogP contribution in [0.2, 0.25) is 5.02 Å². The molecule has 116 valence electrons. The summed E-state index contributed by atoms with van der Waals surface area (Å²) in [4.78, 5) is 26.9. The molecule has 23 heavy (non-hydrogen) atoms. The average Bonchev–Trinajstić information content (AvgIpc) is 2.70. The van der Waals surface area contributed by atoms with Crippen LogP contribution in [0.3, 0.4) is 0 Å². The van der Waals surface area contributed by atoms with Crippen LogP contribution in [-0.2, 0) is 9.59 Å². The number of para-hydroxylation sites is 1. The Labute approximate surface area is 143 Å². The summed E-state index contributed by atoms with van der Waals surface area (Å²) in [5.74, 6) is -0.646. The van der Waals surface area contributed by atoms with Gasteiger partial charge in [-0.15, -0.1) is 11.8 Å². The smallest absolute Gasteiger partial charge is 0.257 e. The summed E-state index contributed by atoms with van der Waals surface area (Å²) in [6.07, 6.45) is 1.39. The lowest BCUT2D eigenvalue weighted by Crippen LogP contribution is -2.35. The van der Waals surface area contributed by atoms with Gasteiger partial charge in [0.2, 0.25) is 5.91 Å². The van der Waals surface area contributed by atoms with Gasteiger partial charge in [-0.1, -0.05) is 42.4 Å². The van der Waals surface area contributed by atoms with Gasteiger partial charge in [-0.2, -0.15) is 0 Å². The zero-order valence-corrected chi connectivity index (χ0v) is 13.8. The first-order valence-corrected chi connectivity index (χ1v) is 8.36. The first kappa shape index (κ1) is 15.8. The SMILES string of the molecule is C=CC(=O)N1C(=O)CC(c2cccc(Cl)c2)Sc2ccccc21. The van der Waals surface area contributed by atoms with E-state index in [1.807, 2.05) is 36.4 Å². The molecule has 3 rings (SSSR count). The number of imide groups is 1. The number of amides is 2. The van der Waals surface area contributed by atoms with Gasteiger partial charge < -0.3 is 0 Å². The molecule has 0 saturated carbocycles. The van der Waals surface area contributed by atoms with E-state index in [-0.39, 0.29) is 17.6 Å². The first-order chi connectivity index (χ1) is 11.1. The number of thioether (sulfide) groups is 1. The fraction of sp³-hybridized carbons (Fsp3) is 0.111. The van der Waals surface area contributed by atoms with Crippen LogP contribution in [0.15, 0.2) is 66.1 Å². The molecule has 1 aliphatic heterocycles. The zero-order valence-electron chi connectivity index (χ0n) is 12.2. The Balaban J connectivity index is 2.06. The lowest BCUT2D eigenvalue weighted by atomic mass is 10.1. The maximum atomic E-state index is 12.7. The van der Waals surface area contributed by atoms with E-state index in [4.69, 9.17) is 11.6 Å². The van der Waals surface area contributed by atoms with Gasteiger partial charge in [0.1, 0.15) is 0 Å². The van der Waals surface area contributed by atoms with Gasteiger partial charge >= 0.3 is 0 Å². The molecular weight excluding hydrogens is 330 g/mol. The van der Waals surface area contributed by atoms with Crippen molar-refractivity contribution in [1.29, 1.82) is 0 Å². The quantitative estimate of drug-likeness (QED) is 0.746. The highest BCUT2D eigenvalue weighted by Gasteiger charge is 2.31. The van der Waals surface area contributed by atoms with E-state index >= 15 is 0 Å². The Bertz CT molecular complexity index is 790. The van der Waals surface area contributed by atoms with Crippen molar-refractivity contribution in [3.05, 3.63) is 71.8 Å². The molecule has 2 aromatic carbocycles. The van der Waals surface area contributed by atoms with Crippen molar-refractivity contribution in [2.75, 3.05) is 4.90 Å². The second-order valence-corrected chi connectivity index (χ2v) is 6.79. The van der Waals surface area contributed by atoms with E-state index in [1.165, 1.54) is 11.0 Å². The molecule has 0 aliphatic carbocycles. The van der Waals surface area contributed by atoms with Crippen molar-refractivity contribution in [3.63, 3.8) is 0 Å². The summed E-state index contributed by atoms with van der Waals surface area (Å²) in [7, 11) is 0. The Morgan fingerprint density at radius 2 is 2.04 bits per heavy atom. The molecule has 2 amide bonds. The topological polar surface area (TPSA) is 37.4 Å². The maximum Gasteiger partial charge on any atom is 0.257 e. The molecule has 1 aliphatic rings. The third-order valence-electron chi connectivity index (χ3n) is 3.60. The highest BCUT2D eigenvalue weighted by molar-refractivity contribution is 7.99. The van der Waals surface area contributed by atoms with Crippen LogP contribution < -0.4 is 4.90 Å². The highest BCUT2D eigenvalue weighted by atomic mass is 35.5. The Morgan fingerprint density at radius 1 is 1.26 bits per heavy atom. The number of halogens is 1. The van der Waals surface area contributed by atoms with Gasteiger partial charge in [0.15, 0.2) is 0 Å². The van der Waals surface area contributed by atoms with Crippen LogP contribution in [0.4, 0.5) is 5.69 Å². The molecule has 3 nitrogen and oxygen atoms in total. The molecule has 0 N–H and O–H groups in total. The third kappa shape index (κ3) is 3.19. The molecule has 0 spiro atoms. The van der Waals surface area contributed by atoms with Gasteiger partial charge in [0, 0.05) is 21.6 Å². The Morgan fingerprint density at radius 3 is 2.78 bits per heavy atom. The second-order valence-electron chi connectivity index (χ2n) is 5.10. The van der Waals surface area contributed by atoms with Crippen molar-refractivity contribution in [2.24, 2.45) is 0 Å². The number of anilines is 1. The maximum absolute atomic E-state index is 12.7. The summed E-state index contributed by atoms with van der Waals surface area (Å²) < 4.78 is 0. The molecule has 1 unspecified atom stereocenters. The summed E-state index contributed by atoms with van der Waals surface area (Å²) in [6.45, 7) is 3.49. The average molecular weight is 344 g/mol. The number of carbonyl (C=O) groups excluding carboxylic acids is 2. The summed E-state index contributed by atoms with van der Waals surface area (Å²) in [5.41, 5.74) is 1.58. The number of benzene rings is 2. The first-order valence-electron chi connectivity index (χ1n) is 7.10. The van der Waals surface area contributed by atoms with Crippen molar-refractivity contribution in [2.45, 2.75) is 16.6 Å². The molecule has 0 bridgehead atoms. The molecule has 0 fully saturated rings. The standard InChI is InChI=1S/C18H14ClNO2S/c1-2-17(21)20-14-8-3-4-9-15(14)23-16(11-18(20)22)12-6-5-7-13(19)10-12/h2-10,16H,1,11H2. The number of carbonyl (C=O) groups is 2. The van der Waals surface area contributed by atoms with Crippen LogP contribution in [-0.4, -0.2) is 11.8 Å². The monoisotopic (exact) mass is 343 g/mol. The molecular formula is C18H14ClNO2S. The van der Waals surface area contributed by atoms with Crippen LogP contribution in [0.1, 0.15) is 17.2 Å². The highest BCUT2D eigenvalue weighted by Crippen LogP contribution is 2.45. The predicted molar refractivity (Wildman–Crippen MR) is 93.8 cm³/mol. The van der Waals surface area contributed by atoms with Gasteiger partial charge in [-0.05, 0) is 35.9 Å². The van der Waals surface area contributed by atoms with Crippen molar-refractivity contribution in [1.82, 2.24) is 0 Å². The van der Waals surface area contributed by atoms with Crippen molar-refractivity contribution < 1.29 is 9.59 Å². The minimum atomic E-state index is -0.408. The van der Waals surface area contributed by atoms with E-state index in [9.17, 15) is 9.59 Å². The predicted octanol–water partition coefficient (Wildman–Crippen LogP) is 4.62. The number of fused-ring (bicyclic) bond motifs is 1. The van der Waals surface area contributed by atoms with E-state index in [0.717, 1.165) is 10.5 Å². The van der Waals surface area contributed by atoms with E-state index in [2.05, 4.69) is 6.58 Å². The van der Waals surface area contributed by atoms with Crippen LogP contribution >= 0.6 is 23.4 Å². The number of hydrogen-bond acceptors (Lipinski definition) is 3. The molecule has 0 saturated heterocycles. The fourth-order valence-corrected chi connectivity index (χ4v) is 4.00. The van der Waals surface area contributed by atoms with Gasteiger partial charge in [-0.25, -0.2) is 4.90 Å². The molecule has 2 aromatic rings. The Hall–Kier alpha value is -2.04. The Kier molecular flexibility index (Phi) is 4.55. The summed E-state index contributed by atoms with van der Waals surface area (Å²) in [5, 5.41) is 0.539. The van der Waals surface area contributed by atoms with Crippen LogP contribution in [0.25, 0.3) is 0 Å². The lowest BCUT2D eigenvalue weighted by molar-refractivity contribution is -0.124. The fourth-order valence-electron chi connectivity index (χ4n) is 2.55. The number of rotatable bonds is 2. The number of nitrogens with zero attached hydrogens (tertiary/aromatic N) is 1. The van der Waals surface area contributed by atoms with E-state index in [0.29, 0.717) is 10.7 Å². The zero-order chi connectivity index (χ0) is 16.4. The van der Waals surface area contributed by atoms with E-state index < -0.39 is 5.91 Å². The summed E-state index contributed by atoms with van der Waals surface area (Å²) in [6, 6.07) is 14.9. The van der Waals surface area contributed by atoms with Gasteiger partial charge in [0.25, 0.3) is 5.91 Å². The van der Waals surface area contributed by atoms with Crippen LogP contribution in [0.5, 0.6) is 0 Å². The molecule has 0 radical (unpaired) electrons. The summed E-state index contributed by atoms with van der Waals surface area (Å²) >= 11 is 7.64. The van der Waals surface area contributed by atoms with Crippen molar-refractivity contribution in [3.8, 4) is 0 Å². The second kappa shape index (κ2) is 6.60. The van der Waals surface area contributed by atoms with Gasteiger partial charge in [-0.3, -0.25) is 9.59 Å². The normalized spacial score (nSPS) is 17.3. The lowest BCUT2D eigenvalue weighted by Gasteiger charge is -2.18. The minimum Gasteiger partial charge on any atom is -0.274 e. The largest absolute Gasteiger partial charge is 0.274 e. The molecule has 1 heterocycles. The third-order valence-corrected chi connectivity index (χ3v) is 5.16. The molecule has 5 heteroatoms. The van der Waals surface area contributed by atoms with E-state index in [1.54, 1.807) is 23.9 Å². The minimum absolute atomic E-state index is 0.0926. The van der Waals surface area contributed by atoms with Gasteiger partial charge in [0.05, 0.1) is 5.69 Å².